The number of fused-ring (bicyclic) bond motifs is 2. The molecule has 0 atom stereocenters. The number of ether oxygens (including phenoxy) is 1. The number of nitriles is 1. The van der Waals surface area contributed by atoms with Crippen molar-refractivity contribution in [1.29, 1.82) is 5.26 Å². The molecular weight excluding hydrogens is 423 g/mol. The summed E-state index contributed by atoms with van der Waals surface area (Å²) in [6.07, 6.45) is 1.70. The van der Waals surface area contributed by atoms with Crippen molar-refractivity contribution in [1.82, 2.24) is 25.0 Å². The van der Waals surface area contributed by atoms with Crippen LogP contribution in [0.15, 0.2) is 54.7 Å². The monoisotopic (exact) mass is 434 g/mol. The molecule has 3 aromatic heterocycles. The summed E-state index contributed by atoms with van der Waals surface area (Å²) in [6, 6.07) is 16.3. The Morgan fingerprint density at radius 1 is 1.13 bits per heavy atom. The maximum atomic E-state index is 9.16. The molecular formula is C21H12Cl2N6O. The molecule has 0 amide bonds. The number of halogens is 2. The number of hydrogen-bond acceptors (Lipinski definition) is 5. The lowest BCUT2D eigenvalue weighted by molar-refractivity contribution is 0.488. The van der Waals surface area contributed by atoms with Crippen LogP contribution in [0.25, 0.3) is 21.9 Å². The average molecular weight is 435 g/mol. The molecule has 0 spiro atoms. The van der Waals surface area contributed by atoms with Gasteiger partial charge in [0.1, 0.15) is 11.5 Å². The van der Waals surface area contributed by atoms with Crippen LogP contribution in [-0.4, -0.2) is 25.0 Å². The molecule has 5 aromatic rings. The van der Waals surface area contributed by atoms with Crippen LogP contribution in [-0.2, 0) is 6.54 Å². The standard InChI is InChI=1S/C21H12Cl2N6O/c22-13-7-12(10-24)8-14(9-13)30-18-5-1-4-17-19(18)20(23)28-29(17)11-16-15-3-2-6-25-21(15)27-26-16/h1-9H,11H2,(H,25,26,27). The summed E-state index contributed by atoms with van der Waals surface area (Å²) < 4.78 is 7.79. The van der Waals surface area contributed by atoms with Crippen LogP contribution in [0.1, 0.15) is 11.3 Å². The smallest absolute Gasteiger partial charge is 0.181 e. The summed E-state index contributed by atoms with van der Waals surface area (Å²) >= 11 is 12.6. The lowest BCUT2D eigenvalue weighted by atomic mass is 10.2. The number of benzene rings is 2. The summed E-state index contributed by atoms with van der Waals surface area (Å²) in [5.41, 5.74) is 2.73. The minimum absolute atomic E-state index is 0.310. The second kappa shape index (κ2) is 7.34. The zero-order valence-corrected chi connectivity index (χ0v) is 16.8. The van der Waals surface area contributed by atoms with Gasteiger partial charge in [0.15, 0.2) is 10.8 Å². The molecule has 0 radical (unpaired) electrons. The van der Waals surface area contributed by atoms with Crippen LogP contribution in [0.3, 0.4) is 0 Å². The highest BCUT2D eigenvalue weighted by atomic mass is 35.5. The Bertz CT molecular complexity index is 1450. The highest BCUT2D eigenvalue weighted by Gasteiger charge is 2.16. The van der Waals surface area contributed by atoms with E-state index in [1.54, 1.807) is 35.1 Å². The van der Waals surface area contributed by atoms with Crippen molar-refractivity contribution in [3.63, 3.8) is 0 Å². The number of aromatic nitrogens is 5. The van der Waals surface area contributed by atoms with Crippen molar-refractivity contribution >= 4 is 45.1 Å². The fourth-order valence-corrected chi connectivity index (χ4v) is 3.85. The molecule has 3 heterocycles. The van der Waals surface area contributed by atoms with E-state index in [1.807, 2.05) is 24.3 Å². The van der Waals surface area contributed by atoms with Gasteiger partial charge in [-0.25, -0.2) is 4.98 Å². The Labute approximate surface area is 180 Å². The minimum atomic E-state index is 0.310. The van der Waals surface area contributed by atoms with Gasteiger partial charge in [0, 0.05) is 16.6 Å². The molecule has 2 aromatic carbocycles. The Morgan fingerprint density at radius 3 is 2.90 bits per heavy atom. The quantitative estimate of drug-likeness (QED) is 0.412. The molecule has 1 N–H and O–H groups in total. The minimum Gasteiger partial charge on any atom is -0.456 e. The van der Waals surface area contributed by atoms with Crippen LogP contribution in [0, 0.1) is 11.3 Å². The van der Waals surface area contributed by atoms with E-state index in [2.05, 4.69) is 26.3 Å². The second-order valence-electron chi connectivity index (χ2n) is 6.56. The average Bonchev–Trinajstić information content (AvgIpc) is 3.30. The first kappa shape index (κ1) is 18.4. The molecule has 0 aliphatic rings. The van der Waals surface area contributed by atoms with Crippen molar-refractivity contribution in [3.05, 3.63) is 76.2 Å². The molecule has 7 nitrogen and oxygen atoms in total. The van der Waals surface area contributed by atoms with E-state index in [9.17, 15) is 0 Å². The van der Waals surface area contributed by atoms with Crippen LogP contribution in [0.4, 0.5) is 0 Å². The second-order valence-corrected chi connectivity index (χ2v) is 7.36. The van der Waals surface area contributed by atoms with E-state index in [0.29, 0.717) is 44.8 Å². The Hall–Kier alpha value is -3.60. The van der Waals surface area contributed by atoms with Gasteiger partial charge in [-0.1, -0.05) is 29.3 Å². The maximum Gasteiger partial charge on any atom is 0.181 e. The van der Waals surface area contributed by atoms with Crippen LogP contribution < -0.4 is 4.74 Å². The SMILES string of the molecule is N#Cc1cc(Cl)cc(Oc2cccc3c2c(Cl)nn3Cc2[nH]nc3ncccc23)c1. The van der Waals surface area contributed by atoms with Crippen molar-refractivity contribution in [2.24, 2.45) is 0 Å². The lowest BCUT2D eigenvalue weighted by Gasteiger charge is -2.08. The van der Waals surface area contributed by atoms with Gasteiger partial charge in [0.05, 0.1) is 34.8 Å². The van der Waals surface area contributed by atoms with Gasteiger partial charge in [0.25, 0.3) is 0 Å². The Morgan fingerprint density at radius 2 is 2.03 bits per heavy atom. The van der Waals surface area contributed by atoms with E-state index in [0.717, 1.165) is 16.6 Å². The Balaban J connectivity index is 1.56. The number of hydrogen-bond donors (Lipinski definition) is 1. The predicted molar refractivity (Wildman–Crippen MR) is 114 cm³/mol. The third kappa shape index (κ3) is 3.22. The molecule has 30 heavy (non-hydrogen) atoms. The molecule has 146 valence electrons. The number of nitrogens with one attached hydrogen (secondary N) is 1. The first-order valence-corrected chi connectivity index (χ1v) is 9.69. The number of pyridine rings is 1. The predicted octanol–water partition coefficient (Wildman–Crippen LogP) is 5.33. The van der Waals surface area contributed by atoms with E-state index < -0.39 is 0 Å². The molecule has 5 rings (SSSR count). The van der Waals surface area contributed by atoms with Gasteiger partial charge in [0.2, 0.25) is 0 Å². The first-order valence-electron chi connectivity index (χ1n) is 8.94. The molecule has 0 fully saturated rings. The fourth-order valence-electron chi connectivity index (χ4n) is 3.34. The molecule has 0 aliphatic carbocycles. The highest BCUT2D eigenvalue weighted by Crippen LogP contribution is 2.36. The van der Waals surface area contributed by atoms with Gasteiger partial charge in [-0.2, -0.15) is 15.5 Å². The van der Waals surface area contributed by atoms with E-state index in [-0.39, 0.29) is 0 Å². The molecule has 0 saturated heterocycles. The van der Waals surface area contributed by atoms with Gasteiger partial charge in [-0.3, -0.25) is 9.78 Å². The number of aromatic amines is 1. The van der Waals surface area contributed by atoms with Crippen LogP contribution in [0.5, 0.6) is 11.5 Å². The molecule has 9 heteroatoms. The third-order valence-electron chi connectivity index (χ3n) is 4.64. The van der Waals surface area contributed by atoms with Crippen molar-refractivity contribution < 1.29 is 4.74 Å². The van der Waals surface area contributed by atoms with E-state index in [4.69, 9.17) is 33.2 Å². The summed E-state index contributed by atoms with van der Waals surface area (Å²) in [6.45, 7) is 0.435. The summed E-state index contributed by atoms with van der Waals surface area (Å²) in [5.74, 6) is 0.965. The zero-order chi connectivity index (χ0) is 20.7. The lowest BCUT2D eigenvalue weighted by Crippen LogP contribution is -2.02. The summed E-state index contributed by atoms with van der Waals surface area (Å²) in [7, 11) is 0. The maximum absolute atomic E-state index is 9.16. The highest BCUT2D eigenvalue weighted by molar-refractivity contribution is 6.35. The van der Waals surface area contributed by atoms with Crippen molar-refractivity contribution in [2.75, 3.05) is 0 Å². The number of nitrogens with zero attached hydrogens (tertiary/aromatic N) is 5. The molecule has 0 aliphatic heterocycles. The van der Waals surface area contributed by atoms with E-state index >= 15 is 0 Å². The van der Waals surface area contributed by atoms with Gasteiger partial charge in [-0.15, -0.1) is 0 Å². The normalized spacial score (nSPS) is 11.1. The van der Waals surface area contributed by atoms with Crippen molar-refractivity contribution in [3.8, 4) is 17.6 Å². The fraction of sp³-hybridized carbons (Fsp3) is 0.0476. The van der Waals surface area contributed by atoms with Gasteiger partial charge < -0.3 is 4.74 Å². The van der Waals surface area contributed by atoms with Gasteiger partial charge in [-0.05, 0) is 42.5 Å². The molecule has 0 saturated carbocycles. The van der Waals surface area contributed by atoms with E-state index in [1.165, 1.54) is 0 Å². The first-order chi connectivity index (χ1) is 14.6. The zero-order valence-electron chi connectivity index (χ0n) is 15.3. The van der Waals surface area contributed by atoms with Crippen LogP contribution in [0.2, 0.25) is 10.2 Å². The summed E-state index contributed by atoms with van der Waals surface area (Å²) in [5, 5.41) is 23.2. The largest absolute Gasteiger partial charge is 0.456 e. The summed E-state index contributed by atoms with van der Waals surface area (Å²) in [4.78, 5) is 4.24. The number of rotatable bonds is 4. The third-order valence-corrected chi connectivity index (χ3v) is 5.12. The topological polar surface area (TPSA) is 92.4 Å². The number of H-pyrrole nitrogens is 1. The molecule has 0 unspecified atom stereocenters. The molecule has 0 bridgehead atoms. The van der Waals surface area contributed by atoms with Crippen LogP contribution >= 0.6 is 23.2 Å². The Kier molecular flexibility index (Phi) is 4.51. The van der Waals surface area contributed by atoms with Gasteiger partial charge >= 0.3 is 0 Å². The van der Waals surface area contributed by atoms with Crippen molar-refractivity contribution in [2.45, 2.75) is 6.54 Å².